The van der Waals surface area contributed by atoms with E-state index in [0.717, 1.165) is 0 Å². The van der Waals surface area contributed by atoms with Gasteiger partial charge in [0.25, 0.3) is 0 Å². The van der Waals surface area contributed by atoms with Crippen molar-refractivity contribution in [2.24, 2.45) is 0 Å². The second-order valence-corrected chi connectivity index (χ2v) is 2.83. The molecule has 9 heteroatoms. The standard InChI is InChI=1S/C4H6O6.C3H9NO.H2O/c5-1(3(7)8)2(6)4(9)10;1-3(4)2-5;/h1-2,5-6H,(H,7,8)(H,9,10);3,5H,2,4H2,1H3;1H2/t1-,2-;3-;/m10./s1. The van der Waals surface area contributed by atoms with Crippen molar-refractivity contribution in [2.75, 3.05) is 6.61 Å². The topological polar surface area (TPSA) is 197 Å². The maximum atomic E-state index is 9.74. The van der Waals surface area contributed by atoms with Crippen LogP contribution in [0, 0.1) is 0 Å². The van der Waals surface area contributed by atoms with Crippen LogP contribution in [0.4, 0.5) is 0 Å². The van der Waals surface area contributed by atoms with Crippen LogP contribution in [0.5, 0.6) is 0 Å². The summed E-state index contributed by atoms with van der Waals surface area (Å²) in [6.07, 6.45) is -4.71. The number of carbonyl (C=O) groups is 2. The third kappa shape index (κ3) is 10.8. The monoisotopic (exact) mass is 243 g/mol. The largest absolute Gasteiger partial charge is 0.547 e. The zero-order valence-corrected chi connectivity index (χ0v) is 8.66. The fraction of sp³-hybridized carbons (Fsp3) is 0.714. The second kappa shape index (κ2) is 10.3. The molecule has 0 fully saturated rings. The molecule has 0 rings (SSSR count). The number of hydrogen-bond donors (Lipinski definition) is 5. The van der Waals surface area contributed by atoms with Gasteiger partial charge in [-0.05, 0) is 6.92 Å². The van der Waals surface area contributed by atoms with E-state index in [1.807, 2.05) is 6.92 Å². The lowest BCUT2D eigenvalue weighted by Crippen LogP contribution is -2.60. The quantitative estimate of drug-likeness (QED) is 0.324. The molecule has 0 amide bonds. The van der Waals surface area contributed by atoms with E-state index in [9.17, 15) is 14.7 Å². The summed E-state index contributed by atoms with van der Waals surface area (Å²) in [5.74, 6) is -3.83. The van der Waals surface area contributed by atoms with Gasteiger partial charge in [-0.1, -0.05) is 0 Å². The minimum atomic E-state index is -2.38. The summed E-state index contributed by atoms with van der Waals surface area (Å²) in [5.41, 5.74) is 3.51. The Morgan fingerprint density at radius 2 is 1.62 bits per heavy atom. The molecule has 0 aromatic carbocycles. The predicted octanol–water partition coefficient (Wildman–Crippen LogP) is -5.67. The Balaban J connectivity index is -0.000000242. The van der Waals surface area contributed by atoms with Crippen LogP contribution in [0.1, 0.15) is 6.92 Å². The van der Waals surface area contributed by atoms with Gasteiger partial charge in [0.15, 0.2) is 6.10 Å². The van der Waals surface area contributed by atoms with Gasteiger partial charge in [-0.2, -0.15) is 0 Å². The van der Waals surface area contributed by atoms with E-state index in [1.165, 1.54) is 0 Å². The normalized spacial score (nSPS) is 14.6. The Kier molecular flexibility index (Phi) is 13.0. The third-order valence-corrected chi connectivity index (χ3v) is 1.11. The highest BCUT2D eigenvalue weighted by atomic mass is 16.4. The predicted molar refractivity (Wildman–Crippen MR) is 47.7 cm³/mol. The smallest absolute Gasteiger partial charge is 0.335 e. The van der Waals surface area contributed by atoms with Crippen LogP contribution in [-0.4, -0.2) is 62.7 Å². The first kappa shape index (κ1) is 20.2. The molecule has 0 bridgehead atoms. The molecule has 0 radical (unpaired) electrons. The Hall–Kier alpha value is -1.26. The zero-order chi connectivity index (χ0) is 12.6. The average Bonchev–Trinajstić information content (AvgIpc) is 2.16. The number of carbonyl (C=O) groups excluding carboxylic acids is 1. The van der Waals surface area contributed by atoms with Gasteiger partial charge in [-0.15, -0.1) is 0 Å². The van der Waals surface area contributed by atoms with E-state index < -0.39 is 24.1 Å². The van der Waals surface area contributed by atoms with Crippen LogP contribution >= 0.6 is 0 Å². The Morgan fingerprint density at radius 3 is 1.69 bits per heavy atom. The number of aliphatic hydroxyl groups is 3. The highest BCUT2D eigenvalue weighted by molar-refractivity contribution is 5.81. The van der Waals surface area contributed by atoms with Crippen LogP contribution in [0.3, 0.4) is 0 Å². The van der Waals surface area contributed by atoms with Gasteiger partial charge in [0.2, 0.25) is 0 Å². The van der Waals surface area contributed by atoms with Gasteiger partial charge in [0.1, 0.15) is 12.1 Å². The van der Waals surface area contributed by atoms with Crippen molar-refractivity contribution in [1.82, 2.24) is 0 Å². The molecule has 0 aromatic heterocycles. The van der Waals surface area contributed by atoms with Crippen LogP contribution < -0.4 is 10.8 Å². The van der Waals surface area contributed by atoms with Gasteiger partial charge in [0, 0.05) is 0 Å². The number of hydrogen-bond acceptors (Lipinski definition) is 6. The van der Waals surface area contributed by atoms with Gasteiger partial charge in [-0.25, -0.2) is 4.79 Å². The van der Waals surface area contributed by atoms with Crippen molar-refractivity contribution in [1.29, 1.82) is 0 Å². The van der Waals surface area contributed by atoms with Gasteiger partial charge in [-0.3, -0.25) is 0 Å². The molecule has 98 valence electrons. The molecule has 0 aliphatic rings. The molecule has 0 spiro atoms. The Morgan fingerprint density at radius 1 is 1.31 bits per heavy atom. The molecule has 0 heterocycles. The van der Waals surface area contributed by atoms with E-state index in [-0.39, 0.29) is 18.1 Å². The maximum Gasteiger partial charge on any atom is 0.335 e. The van der Waals surface area contributed by atoms with Crippen molar-refractivity contribution >= 4 is 11.9 Å². The molecular formula is C7H17NO8. The third-order valence-electron chi connectivity index (χ3n) is 1.11. The van der Waals surface area contributed by atoms with E-state index in [0.29, 0.717) is 0 Å². The highest BCUT2D eigenvalue weighted by Gasteiger charge is 2.23. The number of quaternary nitrogens is 1. The van der Waals surface area contributed by atoms with E-state index in [2.05, 4.69) is 5.73 Å². The van der Waals surface area contributed by atoms with E-state index in [4.69, 9.17) is 20.4 Å². The van der Waals surface area contributed by atoms with Crippen molar-refractivity contribution in [3.8, 4) is 0 Å². The van der Waals surface area contributed by atoms with Gasteiger partial charge in [0.05, 0.1) is 12.6 Å². The number of rotatable bonds is 4. The highest BCUT2D eigenvalue weighted by Crippen LogP contribution is 1.90. The van der Waals surface area contributed by atoms with Crippen LogP contribution in [0.25, 0.3) is 0 Å². The number of aliphatic carboxylic acids is 2. The van der Waals surface area contributed by atoms with E-state index >= 15 is 0 Å². The van der Waals surface area contributed by atoms with Crippen molar-refractivity contribution < 1.29 is 46.3 Å². The lowest BCUT2D eigenvalue weighted by atomic mass is 10.2. The molecule has 0 unspecified atom stereocenters. The Labute approximate surface area is 91.0 Å². The Bertz CT molecular complexity index is 189. The molecule has 0 saturated carbocycles. The molecule has 16 heavy (non-hydrogen) atoms. The first-order chi connectivity index (χ1) is 6.73. The minimum absolute atomic E-state index is 0. The van der Waals surface area contributed by atoms with Crippen LogP contribution in [0.2, 0.25) is 0 Å². The summed E-state index contributed by atoms with van der Waals surface area (Å²) >= 11 is 0. The average molecular weight is 243 g/mol. The molecule has 0 aliphatic heterocycles. The first-order valence-electron chi connectivity index (χ1n) is 3.97. The number of aliphatic hydroxyl groups excluding tert-OH is 3. The van der Waals surface area contributed by atoms with Gasteiger partial charge >= 0.3 is 5.97 Å². The van der Waals surface area contributed by atoms with Crippen molar-refractivity contribution in [2.45, 2.75) is 25.2 Å². The zero-order valence-electron chi connectivity index (χ0n) is 8.66. The molecule has 0 saturated heterocycles. The molecule has 3 atom stereocenters. The molecular weight excluding hydrogens is 226 g/mol. The summed E-state index contributed by atoms with van der Waals surface area (Å²) in [4.78, 5) is 19.4. The fourth-order valence-electron chi connectivity index (χ4n) is 0.264. The van der Waals surface area contributed by atoms with Crippen molar-refractivity contribution in [3.63, 3.8) is 0 Å². The minimum Gasteiger partial charge on any atom is -0.547 e. The van der Waals surface area contributed by atoms with E-state index in [1.54, 1.807) is 0 Å². The fourth-order valence-corrected chi connectivity index (χ4v) is 0.264. The molecule has 0 aliphatic carbocycles. The van der Waals surface area contributed by atoms with Crippen LogP contribution in [0.15, 0.2) is 0 Å². The summed E-state index contributed by atoms with van der Waals surface area (Å²) < 4.78 is 0. The summed E-state index contributed by atoms with van der Waals surface area (Å²) in [6, 6.07) is 0.190. The lowest BCUT2D eigenvalue weighted by molar-refractivity contribution is -0.419. The lowest BCUT2D eigenvalue weighted by Gasteiger charge is -2.13. The SMILES string of the molecule is C[C@H]([NH3+])CO.O.O=C([O-])[C@H](O)[C@@H](O)C(=O)O. The second-order valence-electron chi connectivity index (χ2n) is 2.83. The number of carboxylic acids is 2. The van der Waals surface area contributed by atoms with Crippen LogP contribution in [-0.2, 0) is 9.59 Å². The summed E-state index contributed by atoms with van der Waals surface area (Å²) in [7, 11) is 0. The molecule has 0 aromatic rings. The van der Waals surface area contributed by atoms with Gasteiger partial charge < -0.3 is 41.5 Å². The summed E-state index contributed by atoms with van der Waals surface area (Å²) in [5, 5.41) is 42.2. The summed E-state index contributed by atoms with van der Waals surface area (Å²) in [6.45, 7) is 2.06. The maximum absolute atomic E-state index is 9.74. The molecule has 9 N–H and O–H groups in total. The first-order valence-corrected chi connectivity index (χ1v) is 3.97. The number of carboxylic acid groups (broad SMARTS) is 2. The van der Waals surface area contributed by atoms with Crippen molar-refractivity contribution in [3.05, 3.63) is 0 Å². The molecule has 9 nitrogen and oxygen atoms in total.